The fourth-order valence-corrected chi connectivity index (χ4v) is 12.4. The summed E-state index contributed by atoms with van der Waals surface area (Å²) in [5.41, 5.74) is 8.46. The molecule has 402 valence electrons. The lowest BCUT2D eigenvalue weighted by Crippen LogP contribution is -2.50. The van der Waals surface area contributed by atoms with Crippen LogP contribution >= 0.6 is 22.9 Å². The number of piperidine rings is 1. The van der Waals surface area contributed by atoms with Gasteiger partial charge in [-0.05, 0) is 112 Å². The molecule has 3 atom stereocenters. The van der Waals surface area contributed by atoms with Gasteiger partial charge in [0.25, 0.3) is 0 Å². The van der Waals surface area contributed by atoms with E-state index in [0.717, 1.165) is 57.0 Å². The molecule has 3 aromatic carbocycles. The van der Waals surface area contributed by atoms with Crippen LogP contribution in [0.4, 0.5) is 0 Å². The molecule has 0 spiro atoms. The summed E-state index contributed by atoms with van der Waals surface area (Å²) in [6, 6.07) is 18.2. The topological polar surface area (TPSA) is 189 Å². The van der Waals surface area contributed by atoms with E-state index in [4.69, 9.17) is 21.3 Å². The highest BCUT2D eigenvalue weighted by Crippen LogP contribution is 2.38. The quantitative estimate of drug-likeness (QED) is 0.0755. The van der Waals surface area contributed by atoms with Crippen molar-refractivity contribution in [3.8, 4) is 16.2 Å². The van der Waals surface area contributed by atoms with Crippen LogP contribution in [-0.2, 0) is 48.4 Å². The minimum Gasteiger partial charge on any atom is -0.491 e. The summed E-state index contributed by atoms with van der Waals surface area (Å²) < 4.78 is 32.8. The molecule has 4 heterocycles. The average Bonchev–Trinajstić information content (AvgIpc) is 3.98. The van der Waals surface area contributed by atoms with Gasteiger partial charge in [0.2, 0.25) is 17.7 Å². The van der Waals surface area contributed by atoms with Crippen LogP contribution < -0.4 is 10.1 Å². The van der Waals surface area contributed by atoms with Crippen LogP contribution in [0, 0.1) is 25.2 Å². The number of aliphatic hydroxyl groups is 1. The van der Waals surface area contributed by atoms with Gasteiger partial charge in [-0.25, -0.2) is 23.4 Å². The summed E-state index contributed by atoms with van der Waals surface area (Å²) in [4.78, 5) is 73.4. The average molecular weight is 1080 g/mol. The van der Waals surface area contributed by atoms with Crippen LogP contribution in [0.3, 0.4) is 0 Å². The van der Waals surface area contributed by atoms with Crippen LogP contribution in [0.5, 0.6) is 5.75 Å². The first-order chi connectivity index (χ1) is 35.5. The Morgan fingerprint density at radius 1 is 0.933 bits per heavy atom. The number of carbonyl (C=O) groups is 4. The number of aromatic nitrogens is 3. The standard InChI is InChI=1S/C58H73ClN6O8S2/c1-35(2)73-51-30-46(37(5)25-43(51)27-53-60-32-48(59)49(63-53)26-42-13-10-11-15-52(42)75(71,72)36(3)4)40-21-23-64(24-22-40)54(68)16-12-14-44(66)28-47(58(7,8)9)57(70)65-33-45(67)29-50(65)56(69)61-31-39-17-19-41(20-18-39)55-38(6)62-34-74-55/h10-11,13,15,17-20,25,30,32,34-36,40,45,47,50,67H,12,14,16,21-24,26-29,31,33H2,1-9H3,(H,61,69)/t45-,47-,50+/m1/s1. The fraction of sp³-hybridized carbons (Fsp3) is 0.500. The molecule has 0 bridgehead atoms. The summed E-state index contributed by atoms with van der Waals surface area (Å²) in [7, 11) is -3.53. The fourth-order valence-electron chi connectivity index (χ4n) is 10.2. The van der Waals surface area contributed by atoms with E-state index in [-0.39, 0.29) is 85.6 Å². The number of hydrogen-bond donors (Lipinski definition) is 2. The monoisotopic (exact) mass is 1080 g/mol. The molecule has 17 heteroatoms. The second-order valence-corrected chi connectivity index (χ2v) is 25.6. The molecular weight excluding hydrogens is 1010 g/mol. The van der Waals surface area contributed by atoms with E-state index >= 15 is 0 Å². The predicted molar refractivity (Wildman–Crippen MR) is 294 cm³/mol. The first-order valence-corrected chi connectivity index (χ1v) is 29.0. The van der Waals surface area contributed by atoms with Crippen molar-refractivity contribution in [1.29, 1.82) is 0 Å². The Kier molecular flexibility index (Phi) is 18.8. The lowest BCUT2D eigenvalue weighted by Gasteiger charge is -2.35. The van der Waals surface area contributed by atoms with Crippen LogP contribution in [0.2, 0.25) is 5.02 Å². The van der Waals surface area contributed by atoms with E-state index in [1.165, 1.54) is 4.90 Å². The zero-order valence-electron chi connectivity index (χ0n) is 44.8. The van der Waals surface area contributed by atoms with Gasteiger partial charge in [0.1, 0.15) is 23.4 Å². The Morgan fingerprint density at radius 2 is 1.64 bits per heavy atom. The number of aliphatic hydroxyl groups excluding tert-OH is 1. The van der Waals surface area contributed by atoms with E-state index in [2.05, 4.69) is 34.3 Å². The van der Waals surface area contributed by atoms with Crippen molar-refractivity contribution in [3.05, 3.63) is 122 Å². The molecule has 2 aliphatic heterocycles. The third-order valence-electron chi connectivity index (χ3n) is 14.5. The number of amides is 3. The van der Waals surface area contributed by atoms with E-state index in [1.807, 2.05) is 82.3 Å². The maximum atomic E-state index is 14.2. The molecule has 7 rings (SSSR count). The zero-order chi connectivity index (χ0) is 54.4. The largest absolute Gasteiger partial charge is 0.491 e. The van der Waals surface area contributed by atoms with Gasteiger partial charge >= 0.3 is 0 Å². The number of β-amino-alcohol motifs (C(OH)–C–C–N with tert-alkyl or cyclic N) is 1. The van der Waals surface area contributed by atoms with Crippen LogP contribution in [0.1, 0.15) is 144 Å². The molecule has 14 nitrogen and oxygen atoms in total. The molecule has 5 aromatic rings. The van der Waals surface area contributed by atoms with Crippen molar-refractivity contribution in [2.45, 2.75) is 161 Å². The molecule has 0 aliphatic carbocycles. The van der Waals surface area contributed by atoms with Crippen LogP contribution in [0.25, 0.3) is 10.4 Å². The number of thiazole rings is 1. The first-order valence-electron chi connectivity index (χ1n) is 26.2. The highest BCUT2D eigenvalue weighted by Gasteiger charge is 2.44. The Hall–Kier alpha value is -5.55. The lowest BCUT2D eigenvalue weighted by molar-refractivity contribution is -0.146. The van der Waals surface area contributed by atoms with Gasteiger partial charge < -0.3 is 25.0 Å². The van der Waals surface area contributed by atoms with Gasteiger partial charge in [-0.1, -0.05) is 80.9 Å². The highest BCUT2D eigenvalue weighted by molar-refractivity contribution is 7.92. The number of nitrogens with one attached hydrogen (secondary N) is 1. The van der Waals surface area contributed by atoms with Gasteiger partial charge in [-0.2, -0.15) is 0 Å². The molecule has 0 unspecified atom stereocenters. The normalized spacial score (nSPS) is 16.9. The van der Waals surface area contributed by atoms with E-state index in [9.17, 15) is 32.7 Å². The molecule has 2 aromatic heterocycles. The van der Waals surface area contributed by atoms with Gasteiger partial charge in [0.15, 0.2) is 9.84 Å². The number of halogens is 1. The van der Waals surface area contributed by atoms with Crippen molar-refractivity contribution in [2.75, 3.05) is 19.6 Å². The van der Waals surface area contributed by atoms with Crippen molar-refractivity contribution in [3.63, 3.8) is 0 Å². The third kappa shape index (κ3) is 14.3. The molecule has 0 radical (unpaired) electrons. The Labute approximate surface area is 452 Å². The molecular formula is C58H73ClN6O8S2. The SMILES string of the molecule is Cc1cc(Cc2ncc(Cl)c(Cc3ccccc3S(=O)(=O)C(C)C)n2)c(OC(C)C)cc1C1CCN(C(=O)CCCC(=O)C[C@H](C(=O)N2C[C@H](O)C[C@H]2C(=O)NCc2ccc(-c3scnc3C)cc2)C(C)(C)C)CC1. The molecule has 75 heavy (non-hydrogen) atoms. The number of ether oxygens (including phenoxy) is 1. The maximum absolute atomic E-state index is 14.2. The van der Waals surface area contributed by atoms with Crippen molar-refractivity contribution in [2.24, 2.45) is 11.3 Å². The predicted octanol–water partition coefficient (Wildman–Crippen LogP) is 9.80. The minimum absolute atomic E-state index is 0.00118. The second-order valence-electron chi connectivity index (χ2n) is 21.9. The second kappa shape index (κ2) is 24.6. The summed E-state index contributed by atoms with van der Waals surface area (Å²) in [5.74, 6) is -0.0482. The number of hydrogen-bond acceptors (Lipinski definition) is 12. The number of sulfone groups is 1. The van der Waals surface area contributed by atoms with Crippen LogP contribution in [-0.4, -0.2) is 105 Å². The van der Waals surface area contributed by atoms with Crippen LogP contribution in [0.15, 0.2) is 77.3 Å². The molecule has 3 amide bonds. The van der Waals surface area contributed by atoms with Crippen molar-refractivity contribution in [1.82, 2.24) is 30.1 Å². The summed E-state index contributed by atoms with van der Waals surface area (Å²) >= 11 is 8.19. The van der Waals surface area contributed by atoms with E-state index in [0.29, 0.717) is 48.0 Å². The number of ketones is 1. The van der Waals surface area contributed by atoms with E-state index in [1.54, 1.807) is 49.6 Å². The maximum Gasteiger partial charge on any atom is 0.243 e. The van der Waals surface area contributed by atoms with Gasteiger partial charge in [0, 0.05) is 82.4 Å². The molecule has 2 aliphatic rings. The minimum atomic E-state index is -3.53. The number of benzene rings is 3. The molecule has 2 saturated heterocycles. The summed E-state index contributed by atoms with van der Waals surface area (Å²) in [6.45, 7) is 18.5. The zero-order valence-corrected chi connectivity index (χ0v) is 47.2. The van der Waals surface area contributed by atoms with Crippen molar-refractivity contribution < 1.29 is 37.4 Å². The van der Waals surface area contributed by atoms with Crippen molar-refractivity contribution >= 4 is 56.3 Å². The first kappa shape index (κ1) is 57.2. The highest BCUT2D eigenvalue weighted by atomic mass is 35.5. The smallest absolute Gasteiger partial charge is 0.243 e. The van der Waals surface area contributed by atoms with Gasteiger partial charge in [-0.3, -0.25) is 19.2 Å². The Morgan fingerprint density at radius 3 is 2.29 bits per heavy atom. The van der Waals surface area contributed by atoms with Gasteiger partial charge in [-0.15, -0.1) is 11.3 Å². The Bertz CT molecular complexity index is 2960. The number of aryl methyl sites for hydroxylation is 2. The summed E-state index contributed by atoms with van der Waals surface area (Å²) in [6.07, 6.45) is 3.57. The lowest BCUT2D eigenvalue weighted by atomic mass is 9.76. The number of Topliss-reactive ketones (excluding diaryl/α,β-unsaturated/α-hetero) is 1. The molecule has 2 N–H and O–H groups in total. The van der Waals surface area contributed by atoms with Gasteiger partial charge in [0.05, 0.1) is 49.2 Å². The molecule has 0 saturated carbocycles. The number of carbonyl (C=O) groups excluding carboxylic acids is 4. The number of likely N-dealkylation sites (tertiary alicyclic amines) is 2. The Balaban J connectivity index is 0.911. The molecule has 2 fully saturated rings. The number of nitrogens with zero attached hydrogens (tertiary/aromatic N) is 5. The number of rotatable bonds is 20. The third-order valence-corrected chi connectivity index (χ3v) is 18.0. The van der Waals surface area contributed by atoms with E-state index < -0.39 is 38.6 Å². The summed E-state index contributed by atoms with van der Waals surface area (Å²) in [5, 5.41) is 13.4.